The predicted molar refractivity (Wildman–Crippen MR) is 118 cm³/mol. The molecule has 0 radical (unpaired) electrons. The highest BCUT2D eigenvalue weighted by Gasteiger charge is 2.26. The topological polar surface area (TPSA) is 112 Å². The molecule has 8 nitrogen and oxygen atoms in total. The second-order valence-corrected chi connectivity index (χ2v) is 6.42. The lowest BCUT2D eigenvalue weighted by molar-refractivity contribution is 0.0437. The van der Waals surface area contributed by atoms with E-state index in [9.17, 15) is 9.90 Å². The van der Waals surface area contributed by atoms with Crippen LogP contribution >= 0.6 is 24.0 Å². The molecule has 2 aromatic heterocycles. The molecule has 0 saturated heterocycles. The number of hydrogen-bond acceptors (Lipinski definition) is 5. The number of nitrogens with zero attached hydrogens (tertiary/aromatic N) is 1. The van der Waals surface area contributed by atoms with E-state index in [0.717, 1.165) is 5.56 Å². The number of carbonyl (C=O) groups is 1. The van der Waals surface area contributed by atoms with Gasteiger partial charge in [0.1, 0.15) is 11.4 Å². The van der Waals surface area contributed by atoms with E-state index in [1.54, 1.807) is 25.1 Å². The Labute approximate surface area is 182 Å². The van der Waals surface area contributed by atoms with Crippen LogP contribution in [0.3, 0.4) is 0 Å². The molecule has 0 bridgehead atoms. The van der Waals surface area contributed by atoms with Gasteiger partial charge in [-0.2, -0.15) is 0 Å². The monoisotopic (exact) mass is 504 g/mol. The summed E-state index contributed by atoms with van der Waals surface area (Å²) in [5.74, 6) is 1.20. The maximum atomic E-state index is 12.0. The largest absolute Gasteiger partial charge is 0.466 e. The summed E-state index contributed by atoms with van der Waals surface area (Å²) in [6, 6.07) is 5.21. The first kappa shape index (κ1) is 24.0. The third-order valence-corrected chi connectivity index (χ3v) is 3.94. The van der Waals surface area contributed by atoms with Crippen LogP contribution in [-0.2, 0) is 5.60 Å². The van der Waals surface area contributed by atoms with Crippen molar-refractivity contribution in [3.8, 4) is 0 Å². The van der Waals surface area contributed by atoms with E-state index in [0.29, 0.717) is 43.5 Å². The molecule has 28 heavy (non-hydrogen) atoms. The average molecular weight is 504 g/mol. The molecule has 2 aromatic rings. The zero-order valence-electron chi connectivity index (χ0n) is 16.4. The fourth-order valence-electron chi connectivity index (χ4n) is 2.42. The van der Waals surface area contributed by atoms with E-state index in [4.69, 9.17) is 8.83 Å². The standard InChI is InChI=1S/C19H28N4O4.HI/c1-4-20-18(23-13-19(3,25)15-7-5-11-26-15)22-10-6-9-21-17(24)16-14(2)8-12-27-16;/h5,7-8,11-12,25H,4,6,9-10,13H2,1-3H3,(H,21,24)(H2,20,22,23);1H. The van der Waals surface area contributed by atoms with Gasteiger partial charge in [-0.3, -0.25) is 4.79 Å². The summed E-state index contributed by atoms with van der Waals surface area (Å²) >= 11 is 0. The number of halogens is 1. The number of aliphatic imine (C=N–C) groups is 1. The fourth-order valence-corrected chi connectivity index (χ4v) is 2.42. The number of guanidine groups is 1. The van der Waals surface area contributed by atoms with Crippen LogP contribution in [0.5, 0.6) is 0 Å². The van der Waals surface area contributed by atoms with Crippen LogP contribution in [0.2, 0.25) is 0 Å². The lowest BCUT2D eigenvalue weighted by Crippen LogP contribution is -2.40. The van der Waals surface area contributed by atoms with Gasteiger partial charge in [-0.05, 0) is 45.4 Å². The average Bonchev–Trinajstić information content (AvgIpc) is 3.31. The minimum Gasteiger partial charge on any atom is -0.466 e. The van der Waals surface area contributed by atoms with Crippen molar-refractivity contribution in [2.24, 2.45) is 4.99 Å². The van der Waals surface area contributed by atoms with Crippen molar-refractivity contribution in [3.05, 3.63) is 47.8 Å². The smallest absolute Gasteiger partial charge is 0.287 e. The molecule has 2 rings (SSSR count). The number of hydrogen-bond donors (Lipinski definition) is 4. The normalized spacial score (nSPS) is 13.4. The van der Waals surface area contributed by atoms with Crippen molar-refractivity contribution in [3.63, 3.8) is 0 Å². The van der Waals surface area contributed by atoms with E-state index in [2.05, 4.69) is 20.9 Å². The molecule has 1 unspecified atom stereocenters. The summed E-state index contributed by atoms with van der Waals surface area (Å²) in [7, 11) is 0. The first-order valence-electron chi connectivity index (χ1n) is 9.05. The molecule has 1 atom stereocenters. The van der Waals surface area contributed by atoms with Crippen LogP contribution in [0.25, 0.3) is 0 Å². The molecule has 4 N–H and O–H groups in total. The van der Waals surface area contributed by atoms with Gasteiger partial charge in [0.25, 0.3) is 5.91 Å². The highest BCUT2D eigenvalue weighted by molar-refractivity contribution is 14.0. The van der Waals surface area contributed by atoms with Crippen molar-refractivity contribution in [2.75, 3.05) is 26.2 Å². The van der Waals surface area contributed by atoms with Gasteiger partial charge in [0.2, 0.25) is 0 Å². The Morgan fingerprint density at radius 3 is 2.54 bits per heavy atom. The number of furan rings is 2. The summed E-state index contributed by atoms with van der Waals surface area (Å²) in [5, 5.41) is 19.6. The molecule has 1 amide bonds. The van der Waals surface area contributed by atoms with Crippen LogP contribution in [-0.4, -0.2) is 43.2 Å². The Kier molecular flexibility index (Phi) is 10.1. The second-order valence-electron chi connectivity index (χ2n) is 6.42. The predicted octanol–water partition coefficient (Wildman–Crippen LogP) is 2.38. The van der Waals surface area contributed by atoms with Crippen LogP contribution in [0.4, 0.5) is 0 Å². The Hall–Kier alpha value is -2.01. The molecule has 0 aliphatic carbocycles. The van der Waals surface area contributed by atoms with Crippen molar-refractivity contribution >= 4 is 35.8 Å². The molecule has 0 fully saturated rings. The molecule has 0 aromatic carbocycles. The van der Waals surface area contributed by atoms with E-state index < -0.39 is 5.60 Å². The summed E-state index contributed by atoms with van der Waals surface area (Å²) in [6.45, 7) is 7.44. The molecule has 2 heterocycles. The second kappa shape index (κ2) is 11.7. The lowest BCUT2D eigenvalue weighted by atomic mass is 10.0. The highest BCUT2D eigenvalue weighted by atomic mass is 127. The van der Waals surface area contributed by atoms with E-state index in [1.165, 1.54) is 12.5 Å². The quantitative estimate of drug-likeness (QED) is 0.181. The van der Waals surface area contributed by atoms with Crippen molar-refractivity contribution in [2.45, 2.75) is 32.8 Å². The molecular weight excluding hydrogens is 475 g/mol. The minimum absolute atomic E-state index is 0. The first-order chi connectivity index (χ1) is 12.9. The molecular formula is C19H29IN4O4. The third-order valence-electron chi connectivity index (χ3n) is 3.94. The van der Waals surface area contributed by atoms with Crippen LogP contribution in [0.15, 0.2) is 44.6 Å². The summed E-state index contributed by atoms with van der Waals surface area (Å²) < 4.78 is 10.4. The van der Waals surface area contributed by atoms with Crippen LogP contribution in [0, 0.1) is 6.92 Å². The Morgan fingerprint density at radius 2 is 1.93 bits per heavy atom. The van der Waals surface area contributed by atoms with Crippen LogP contribution < -0.4 is 16.0 Å². The van der Waals surface area contributed by atoms with Crippen molar-refractivity contribution in [1.29, 1.82) is 0 Å². The number of amides is 1. The first-order valence-corrected chi connectivity index (χ1v) is 9.05. The molecule has 0 saturated carbocycles. The van der Waals surface area contributed by atoms with Crippen molar-refractivity contribution in [1.82, 2.24) is 16.0 Å². The highest BCUT2D eigenvalue weighted by Crippen LogP contribution is 2.20. The lowest BCUT2D eigenvalue weighted by Gasteiger charge is -2.19. The zero-order valence-corrected chi connectivity index (χ0v) is 18.8. The maximum Gasteiger partial charge on any atom is 0.287 e. The number of aliphatic hydroxyl groups is 1. The number of rotatable bonds is 9. The van der Waals surface area contributed by atoms with Gasteiger partial charge in [-0.25, -0.2) is 4.99 Å². The molecule has 156 valence electrons. The van der Waals surface area contributed by atoms with Gasteiger partial charge in [0.15, 0.2) is 11.7 Å². The number of carbonyl (C=O) groups excluding carboxylic acids is 1. The Bertz CT molecular complexity index is 741. The summed E-state index contributed by atoms with van der Waals surface area (Å²) in [6.07, 6.45) is 3.74. The SMILES string of the molecule is CCNC(=NCC(C)(O)c1ccco1)NCCCNC(=O)c1occc1C.I. The molecule has 0 spiro atoms. The van der Waals surface area contributed by atoms with E-state index in [1.807, 2.05) is 13.8 Å². The minimum atomic E-state index is -1.18. The van der Waals surface area contributed by atoms with Gasteiger partial charge in [0.05, 0.1) is 19.1 Å². The maximum absolute atomic E-state index is 12.0. The van der Waals surface area contributed by atoms with E-state index >= 15 is 0 Å². The summed E-state index contributed by atoms with van der Waals surface area (Å²) in [5.41, 5.74) is -0.364. The number of nitrogens with one attached hydrogen (secondary N) is 3. The van der Waals surface area contributed by atoms with Gasteiger partial charge >= 0.3 is 0 Å². The Balaban J connectivity index is 0.00000392. The van der Waals surface area contributed by atoms with Crippen LogP contribution in [0.1, 0.15) is 42.1 Å². The molecule has 0 aliphatic heterocycles. The van der Waals surface area contributed by atoms with Crippen molar-refractivity contribution < 1.29 is 18.7 Å². The van der Waals surface area contributed by atoms with Gasteiger partial charge in [-0.1, -0.05) is 0 Å². The summed E-state index contributed by atoms with van der Waals surface area (Å²) in [4.78, 5) is 16.4. The fraction of sp³-hybridized carbons (Fsp3) is 0.474. The number of aryl methyl sites for hydroxylation is 1. The Morgan fingerprint density at radius 1 is 1.18 bits per heavy atom. The third kappa shape index (κ3) is 7.19. The van der Waals surface area contributed by atoms with E-state index in [-0.39, 0.29) is 36.4 Å². The van der Waals surface area contributed by atoms with Gasteiger partial charge < -0.3 is 29.9 Å². The van der Waals surface area contributed by atoms with Gasteiger partial charge in [0, 0.05) is 25.2 Å². The molecule has 9 heteroatoms. The zero-order chi connectivity index (χ0) is 19.7. The van der Waals surface area contributed by atoms with Gasteiger partial charge in [-0.15, -0.1) is 24.0 Å². The molecule has 0 aliphatic rings.